The molecule has 78 valence electrons. The van der Waals surface area contributed by atoms with Crippen molar-refractivity contribution in [3.63, 3.8) is 0 Å². The molecular weight excluding hydrogens is 168 g/mol. The third-order valence-electron chi connectivity index (χ3n) is 1.50. The fraction of sp³-hybridized carbons (Fsp3) is 0.889. The number of hydrogen-bond acceptors (Lipinski definition) is 3. The van der Waals surface area contributed by atoms with E-state index in [4.69, 9.17) is 4.74 Å². The molecule has 0 radical (unpaired) electrons. The summed E-state index contributed by atoms with van der Waals surface area (Å²) in [7, 11) is 3.99. The van der Waals surface area contributed by atoms with Crippen LogP contribution in [0.25, 0.3) is 0 Å². The second-order valence-electron chi connectivity index (χ2n) is 3.22. The van der Waals surface area contributed by atoms with Crippen LogP contribution < -0.4 is 5.32 Å². The van der Waals surface area contributed by atoms with Gasteiger partial charge in [0.2, 0.25) is 0 Å². The van der Waals surface area contributed by atoms with E-state index >= 15 is 0 Å². The van der Waals surface area contributed by atoms with Gasteiger partial charge in [-0.1, -0.05) is 6.92 Å². The van der Waals surface area contributed by atoms with Crippen LogP contribution in [0.4, 0.5) is 4.79 Å². The Morgan fingerprint density at radius 1 is 1.46 bits per heavy atom. The highest BCUT2D eigenvalue weighted by Gasteiger charge is 1.99. The summed E-state index contributed by atoms with van der Waals surface area (Å²) < 4.78 is 4.92. The molecule has 0 aromatic heterocycles. The van der Waals surface area contributed by atoms with Gasteiger partial charge in [0.25, 0.3) is 0 Å². The fourth-order valence-corrected chi connectivity index (χ4v) is 0.824. The Bertz CT molecular complexity index is 138. The average molecular weight is 188 g/mol. The third kappa shape index (κ3) is 9.14. The van der Waals surface area contributed by atoms with Crippen molar-refractivity contribution >= 4 is 6.09 Å². The summed E-state index contributed by atoms with van der Waals surface area (Å²) in [5.41, 5.74) is 0. The van der Waals surface area contributed by atoms with E-state index in [1.54, 1.807) is 0 Å². The van der Waals surface area contributed by atoms with E-state index < -0.39 is 0 Å². The molecule has 0 aromatic carbocycles. The molecule has 0 saturated heterocycles. The molecule has 0 aliphatic heterocycles. The number of nitrogens with one attached hydrogen (secondary N) is 1. The van der Waals surface area contributed by atoms with Crippen LogP contribution in [-0.4, -0.2) is 44.8 Å². The maximum absolute atomic E-state index is 10.9. The number of alkyl carbamates (subject to hydrolysis) is 1. The Kier molecular flexibility index (Phi) is 7.39. The van der Waals surface area contributed by atoms with E-state index in [9.17, 15) is 4.79 Å². The van der Waals surface area contributed by atoms with Gasteiger partial charge in [-0.25, -0.2) is 4.79 Å². The Morgan fingerprint density at radius 3 is 2.69 bits per heavy atom. The lowest BCUT2D eigenvalue weighted by atomic mass is 10.4. The molecule has 0 atom stereocenters. The molecule has 0 aliphatic carbocycles. The smallest absolute Gasteiger partial charge is 0.407 e. The van der Waals surface area contributed by atoms with Crippen LogP contribution in [0.1, 0.15) is 19.8 Å². The lowest BCUT2D eigenvalue weighted by Crippen LogP contribution is -2.26. The zero-order chi connectivity index (χ0) is 10.1. The summed E-state index contributed by atoms with van der Waals surface area (Å²) in [6.07, 6.45) is 1.51. The quantitative estimate of drug-likeness (QED) is 0.634. The van der Waals surface area contributed by atoms with Gasteiger partial charge in [0, 0.05) is 13.1 Å². The highest BCUT2D eigenvalue weighted by molar-refractivity contribution is 5.66. The lowest BCUT2D eigenvalue weighted by Gasteiger charge is -2.09. The monoisotopic (exact) mass is 188 g/mol. The van der Waals surface area contributed by atoms with Crippen LogP contribution >= 0.6 is 0 Å². The van der Waals surface area contributed by atoms with Crippen LogP contribution in [0.15, 0.2) is 0 Å². The van der Waals surface area contributed by atoms with Gasteiger partial charge < -0.3 is 15.0 Å². The van der Waals surface area contributed by atoms with Crippen molar-refractivity contribution in [3.8, 4) is 0 Å². The Morgan fingerprint density at radius 2 is 2.15 bits per heavy atom. The minimum atomic E-state index is -0.305. The molecule has 0 aromatic rings. The zero-order valence-corrected chi connectivity index (χ0v) is 8.80. The minimum Gasteiger partial charge on any atom is -0.450 e. The summed E-state index contributed by atoms with van der Waals surface area (Å²) in [6, 6.07) is 0. The molecule has 0 heterocycles. The molecule has 1 N–H and O–H groups in total. The molecule has 13 heavy (non-hydrogen) atoms. The predicted octanol–water partition coefficient (Wildman–Crippen LogP) is 1.07. The number of amides is 1. The number of rotatable bonds is 6. The molecule has 4 nitrogen and oxygen atoms in total. The van der Waals surface area contributed by atoms with E-state index in [0.717, 1.165) is 19.4 Å². The van der Waals surface area contributed by atoms with E-state index in [0.29, 0.717) is 13.2 Å². The molecular formula is C9H20N2O2. The first kappa shape index (κ1) is 12.2. The van der Waals surface area contributed by atoms with Crippen molar-refractivity contribution < 1.29 is 9.53 Å². The Balaban J connectivity index is 3.17. The van der Waals surface area contributed by atoms with Crippen molar-refractivity contribution in [2.45, 2.75) is 19.8 Å². The maximum atomic E-state index is 10.9. The van der Waals surface area contributed by atoms with Gasteiger partial charge >= 0.3 is 6.09 Å². The standard InChI is InChI=1S/C9H20N2O2/c1-4-6-10-9(12)13-8-5-7-11(2)3/h4-8H2,1-3H3,(H,10,12). The van der Waals surface area contributed by atoms with Gasteiger partial charge in [0.15, 0.2) is 0 Å². The summed E-state index contributed by atoms with van der Waals surface area (Å²) >= 11 is 0. The number of carbonyl (C=O) groups is 1. The molecule has 0 rings (SSSR count). The van der Waals surface area contributed by atoms with Crippen LogP contribution in [0, 0.1) is 0 Å². The van der Waals surface area contributed by atoms with Gasteiger partial charge in [-0.15, -0.1) is 0 Å². The normalized spacial score (nSPS) is 10.2. The van der Waals surface area contributed by atoms with Crippen molar-refractivity contribution in [1.29, 1.82) is 0 Å². The highest BCUT2D eigenvalue weighted by Crippen LogP contribution is 1.86. The van der Waals surface area contributed by atoms with Crippen LogP contribution in [0.3, 0.4) is 0 Å². The molecule has 0 saturated carbocycles. The number of ether oxygens (including phenoxy) is 1. The molecule has 0 aliphatic rings. The molecule has 1 amide bonds. The van der Waals surface area contributed by atoms with Gasteiger partial charge in [0.05, 0.1) is 6.61 Å². The van der Waals surface area contributed by atoms with E-state index in [1.807, 2.05) is 21.0 Å². The molecule has 0 spiro atoms. The fourth-order valence-electron chi connectivity index (χ4n) is 0.824. The van der Waals surface area contributed by atoms with Gasteiger partial charge in [-0.3, -0.25) is 0 Å². The lowest BCUT2D eigenvalue weighted by molar-refractivity contribution is 0.141. The second-order valence-corrected chi connectivity index (χ2v) is 3.22. The third-order valence-corrected chi connectivity index (χ3v) is 1.50. The SMILES string of the molecule is CCCNC(=O)OCCCN(C)C. The minimum absolute atomic E-state index is 0.305. The second kappa shape index (κ2) is 7.86. The van der Waals surface area contributed by atoms with Crippen molar-refractivity contribution in [3.05, 3.63) is 0 Å². The van der Waals surface area contributed by atoms with E-state index in [2.05, 4.69) is 10.2 Å². The van der Waals surface area contributed by atoms with Crippen molar-refractivity contribution in [2.75, 3.05) is 33.8 Å². The summed E-state index contributed by atoms with van der Waals surface area (Å²) in [4.78, 5) is 13.0. The summed E-state index contributed by atoms with van der Waals surface area (Å²) in [5.74, 6) is 0. The van der Waals surface area contributed by atoms with Gasteiger partial charge in [0.1, 0.15) is 0 Å². The summed E-state index contributed by atoms with van der Waals surface area (Å²) in [5, 5.41) is 2.65. The topological polar surface area (TPSA) is 41.6 Å². The predicted molar refractivity (Wildman–Crippen MR) is 52.8 cm³/mol. The average Bonchev–Trinajstić information content (AvgIpc) is 2.08. The van der Waals surface area contributed by atoms with E-state index in [1.165, 1.54) is 0 Å². The highest BCUT2D eigenvalue weighted by atomic mass is 16.5. The Labute approximate surface area is 80.2 Å². The van der Waals surface area contributed by atoms with Crippen LogP contribution in [0.2, 0.25) is 0 Å². The maximum Gasteiger partial charge on any atom is 0.407 e. The molecule has 0 bridgehead atoms. The number of carbonyl (C=O) groups excluding carboxylic acids is 1. The van der Waals surface area contributed by atoms with Crippen LogP contribution in [-0.2, 0) is 4.74 Å². The van der Waals surface area contributed by atoms with Crippen molar-refractivity contribution in [1.82, 2.24) is 10.2 Å². The number of nitrogens with zero attached hydrogens (tertiary/aromatic N) is 1. The molecule has 4 heteroatoms. The first-order chi connectivity index (χ1) is 6.16. The largest absolute Gasteiger partial charge is 0.450 e. The molecule has 0 unspecified atom stereocenters. The first-order valence-electron chi connectivity index (χ1n) is 4.72. The van der Waals surface area contributed by atoms with Crippen LogP contribution in [0.5, 0.6) is 0 Å². The zero-order valence-electron chi connectivity index (χ0n) is 8.80. The van der Waals surface area contributed by atoms with Gasteiger partial charge in [-0.2, -0.15) is 0 Å². The first-order valence-corrected chi connectivity index (χ1v) is 4.72. The Hall–Kier alpha value is -0.770. The summed E-state index contributed by atoms with van der Waals surface area (Å²) in [6.45, 7) is 4.13. The van der Waals surface area contributed by atoms with E-state index in [-0.39, 0.29) is 6.09 Å². The number of hydrogen-bond donors (Lipinski definition) is 1. The molecule has 0 fully saturated rings. The van der Waals surface area contributed by atoms with Gasteiger partial charge in [-0.05, 0) is 26.9 Å². The van der Waals surface area contributed by atoms with Crippen molar-refractivity contribution in [2.24, 2.45) is 0 Å².